The fourth-order valence-electron chi connectivity index (χ4n) is 2.48. The molecule has 122 valence electrons. The Balaban J connectivity index is 1.44. The van der Waals surface area contributed by atoms with Gasteiger partial charge in [0.25, 0.3) is 5.56 Å². The SMILES string of the molecule is O=c1[nH]ncc(NCCN2CCN(c3ncccn3)CC2)c1Cl. The second-order valence-electron chi connectivity index (χ2n) is 5.23. The first kappa shape index (κ1) is 15.7. The summed E-state index contributed by atoms with van der Waals surface area (Å²) in [6, 6.07) is 1.82. The van der Waals surface area contributed by atoms with Gasteiger partial charge in [0.2, 0.25) is 5.95 Å². The second kappa shape index (κ2) is 7.38. The summed E-state index contributed by atoms with van der Waals surface area (Å²) in [5.74, 6) is 0.784. The largest absolute Gasteiger partial charge is 0.381 e. The van der Waals surface area contributed by atoms with E-state index >= 15 is 0 Å². The third kappa shape index (κ3) is 3.96. The quantitative estimate of drug-likeness (QED) is 0.819. The zero-order chi connectivity index (χ0) is 16.1. The Kier molecular flexibility index (Phi) is 5.04. The van der Waals surface area contributed by atoms with Gasteiger partial charge in [0.05, 0.1) is 11.9 Å². The maximum absolute atomic E-state index is 11.4. The summed E-state index contributed by atoms with van der Waals surface area (Å²) in [6.45, 7) is 5.26. The van der Waals surface area contributed by atoms with Crippen molar-refractivity contribution >= 4 is 23.2 Å². The van der Waals surface area contributed by atoms with Crippen molar-refractivity contribution in [3.63, 3.8) is 0 Å². The Morgan fingerprint density at radius 2 is 1.96 bits per heavy atom. The van der Waals surface area contributed by atoms with Crippen LogP contribution in [0.1, 0.15) is 0 Å². The van der Waals surface area contributed by atoms with Gasteiger partial charge in [-0.25, -0.2) is 15.1 Å². The maximum Gasteiger partial charge on any atom is 0.285 e. The molecule has 0 spiro atoms. The van der Waals surface area contributed by atoms with Crippen LogP contribution in [0.4, 0.5) is 11.6 Å². The zero-order valence-corrected chi connectivity index (χ0v) is 13.3. The molecule has 23 heavy (non-hydrogen) atoms. The molecule has 8 nitrogen and oxygen atoms in total. The molecule has 0 radical (unpaired) electrons. The molecule has 3 heterocycles. The van der Waals surface area contributed by atoms with Crippen molar-refractivity contribution in [1.29, 1.82) is 0 Å². The first-order valence-corrected chi connectivity index (χ1v) is 7.83. The predicted octanol–water partition coefficient (Wildman–Crippen LogP) is 0.447. The fourth-order valence-corrected chi connectivity index (χ4v) is 2.64. The zero-order valence-electron chi connectivity index (χ0n) is 12.6. The van der Waals surface area contributed by atoms with E-state index in [1.807, 2.05) is 6.07 Å². The number of nitrogens with zero attached hydrogens (tertiary/aromatic N) is 5. The average molecular weight is 336 g/mol. The van der Waals surface area contributed by atoms with Crippen molar-refractivity contribution in [1.82, 2.24) is 25.1 Å². The normalized spacial score (nSPS) is 15.6. The summed E-state index contributed by atoms with van der Waals surface area (Å²) in [7, 11) is 0. The lowest BCUT2D eigenvalue weighted by Crippen LogP contribution is -2.48. The molecule has 0 saturated carbocycles. The van der Waals surface area contributed by atoms with Gasteiger partial charge in [0.15, 0.2) is 0 Å². The highest BCUT2D eigenvalue weighted by Gasteiger charge is 2.18. The third-order valence-electron chi connectivity index (χ3n) is 3.75. The van der Waals surface area contributed by atoms with Gasteiger partial charge in [-0.15, -0.1) is 0 Å². The molecule has 0 bridgehead atoms. The van der Waals surface area contributed by atoms with Gasteiger partial charge >= 0.3 is 0 Å². The lowest BCUT2D eigenvalue weighted by molar-refractivity contribution is 0.266. The van der Waals surface area contributed by atoms with E-state index < -0.39 is 0 Å². The van der Waals surface area contributed by atoms with Gasteiger partial charge in [0.1, 0.15) is 5.02 Å². The van der Waals surface area contributed by atoms with Crippen LogP contribution in [0.25, 0.3) is 0 Å². The van der Waals surface area contributed by atoms with Crippen LogP contribution < -0.4 is 15.8 Å². The number of H-pyrrole nitrogens is 1. The van der Waals surface area contributed by atoms with Crippen LogP contribution in [0, 0.1) is 0 Å². The number of anilines is 2. The predicted molar refractivity (Wildman–Crippen MR) is 89.0 cm³/mol. The van der Waals surface area contributed by atoms with E-state index in [4.69, 9.17) is 11.6 Å². The number of hydrogen-bond donors (Lipinski definition) is 2. The van der Waals surface area contributed by atoms with Crippen molar-refractivity contribution in [3.05, 3.63) is 40.0 Å². The molecule has 1 saturated heterocycles. The first-order valence-electron chi connectivity index (χ1n) is 7.45. The molecular weight excluding hydrogens is 318 g/mol. The molecule has 2 aromatic rings. The van der Waals surface area contributed by atoms with E-state index in [0.29, 0.717) is 12.2 Å². The molecule has 0 aromatic carbocycles. The highest BCUT2D eigenvalue weighted by Crippen LogP contribution is 2.14. The molecule has 0 amide bonds. The molecule has 2 N–H and O–H groups in total. The van der Waals surface area contributed by atoms with Crippen LogP contribution in [0.15, 0.2) is 29.5 Å². The summed E-state index contributed by atoms with van der Waals surface area (Å²) in [5.41, 5.74) is 0.180. The highest BCUT2D eigenvalue weighted by atomic mass is 35.5. The molecule has 2 aromatic heterocycles. The van der Waals surface area contributed by atoms with Crippen LogP contribution >= 0.6 is 11.6 Å². The van der Waals surface area contributed by atoms with Crippen molar-refractivity contribution in [3.8, 4) is 0 Å². The maximum atomic E-state index is 11.4. The molecule has 9 heteroatoms. The summed E-state index contributed by atoms with van der Waals surface area (Å²) in [4.78, 5) is 24.4. The Morgan fingerprint density at radius 3 is 2.70 bits per heavy atom. The Labute approximate surface area is 138 Å². The molecule has 3 rings (SSSR count). The lowest BCUT2D eigenvalue weighted by Gasteiger charge is -2.34. The smallest absolute Gasteiger partial charge is 0.285 e. The van der Waals surface area contributed by atoms with E-state index in [2.05, 4.69) is 35.3 Å². The molecule has 0 aliphatic carbocycles. The highest BCUT2D eigenvalue weighted by molar-refractivity contribution is 6.32. The van der Waals surface area contributed by atoms with Crippen LogP contribution in [-0.4, -0.2) is 64.3 Å². The molecule has 1 aliphatic heterocycles. The van der Waals surface area contributed by atoms with Crippen molar-refractivity contribution < 1.29 is 0 Å². The minimum atomic E-state index is -0.381. The molecule has 0 atom stereocenters. The molecule has 1 aliphatic rings. The van der Waals surface area contributed by atoms with E-state index in [9.17, 15) is 4.79 Å². The summed E-state index contributed by atoms with van der Waals surface area (Å²) >= 11 is 5.92. The topological polar surface area (TPSA) is 90.0 Å². The Bertz CT molecular complexity index is 685. The van der Waals surface area contributed by atoms with Crippen molar-refractivity contribution in [2.45, 2.75) is 0 Å². The lowest BCUT2D eigenvalue weighted by atomic mass is 10.3. The first-order chi connectivity index (χ1) is 11.2. The second-order valence-corrected chi connectivity index (χ2v) is 5.61. The van der Waals surface area contributed by atoms with Crippen molar-refractivity contribution in [2.24, 2.45) is 0 Å². The van der Waals surface area contributed by atoms with E-state index in [1.165, 1.54) is 6.20 Å². The van der Waals surface area contributed by atoms with E-state index in [-0.39, 0.29) is 10.6 Å². The number of rotatable bonds is 5. The van der Waals surface area contributed by atoms with Gasteiger partial charge in [-0.05, 0) is 6.07 Å². The van der Waals surface area contributed by atoms with Crippen molar-refractivity contribution in [2.75, 3.05) is 49.5 Å². The van der Waals surface area contributed by atoms with Gasteiger partial charge in [0, 0.05) is 51.7 Å². The minimum absolute atomic E-state index is 0.144. The van der Waals surface area contributed by atoms with Crippen LogP contribution in [0.2, 0.25) is 5.02 Å². The van der Waals surface area contributed by atoms with Crippen LogP contribution in [0.5, 0.6) is 0 Å². The third-order valence-corrected chi connectivity index (χ3v) is 4.12. The number of piperazine rings is 1. The number of halogens is 1. The van der Waals surface area contributed by atoms with Gasteiger partial charge in [-0.1, -0.05) is 11.6 Å². The minimum Gasteiger partial charge on any atom is -0.381 e. The average Bonchev–Trinajstić information content (AvgIpc) is 2.60. The van der Waals surface area contributed by atoms with E-state index in [0.717, 1.165) is 38.7 Å². The molecule has 0 unspecified atom stereocenters. The number of aromatic nitrogens is 4. The van der Waals surface area contributed by atoms with Crippen LogP contribution in [0.3, 0.4) is 0 Å². The standard InChI is InChI=1S/C14H18ClN7O/c15-12-11(10-19-20-13(12)23)16-4-5-21-6-8-22(9-7-21)14-17-2-1-3-18-14/h1-3,10H,4-9H2,(H2,16,20,23). The number of aromatic amines is 1. The van der Waals surface area contributed by atoms with Gasteiger partial charge in [-0.3, -0.25) is 9.69 Å². The fraction of sp³-hybridized carbons (Fsp3) is 0.429. The summed E-state index contributed by atoms with van der Waals surface area (Å²) in [6.07, 6.45) is 5.05. The van der Waals surface area contributed by atoms with Gasteiger partial charge < -0.3 is 10.2 Å². The summed E-state index contributed by atoms with van der Waals surface area (Å²) < 4.78 is 0. The Morgan fingerprint density at radius 1 is 1.22 bits per heavy atom. The van der Waals surface area contributed by atoms with Gasteiger partial charge in [-0.2, -0.15) is 5.10 Å². The Hall–Kier alpha value is -2.19. The van der Waals surface area contributed by atoms with Crippen LogP contribution in [-0.2, 0) is 0 Å². The summed E-state index contributed by atoms with van der Waals surface area (Å²) in [5, 5.41) is 9.32. The molecular formula is C14H18ClN7O. The monoisotopic (exact) mass is 335 g/mol. The number of hydrogen-bond acceptors (Lipinski definition) is 7. The number of nitrogens with one attached hydrogen (secondary N) is 2. The molecule has 1 fully saturated rings. The van der Waals surface area contributed by atoms with E-state index in [1.54, 1.807) is 12.4 Å².